The van der Waals surface area contributed by atoms with Crippen molar-refractivity contribution < 1.29 is 27.8 Å². The zero-order chi connectivity index (χ0) is 25.3. The summed E-state index contributed by atoms with van der Waals surface area (Å²) in [5, 5.41) is 14.8. The summed E-state index contributed by atoms with van der Waals surface area (Å²) in [4.78, 5) is 13.5. The smallest absolute Gasteiger partial charge is 0.431 e. The van der Waals surface area contributed by atoms with Crippen molar-refractivity contribution in [3.05, 3.63) is 53.1 Å². The van der Waals surface area contributed by atoms with Gasteiger partial charge in [-0.05, 0) is 48.9 Å². The van der Waals surface area contributed by atoms with E-state index in [4.69, 9.17) is 16.3 Å². The average molecular weight is 510 g/mol. The number of anilines is 2. The first kappa shape index (κ1) is 25.2. The van der Waals surface area contributed by atoms with E-state index in [1.165, 1.54) is 6.92 Å². The second-order valence-electron chi connectivity index (χ2n) is 9.03. The molecule has 0 aromatic heterocycles. The molecule has 2 aliphatic rings. The summed E-state index contributed by atoms with van der Waals surface area (Å²) in [6.07, 6.45) is -3.47. The van der Waals surface area contributed by atoms with Gasteiger partial charge in [0.25, 0.3) is 0 Å². The Morgan fingerprint density at radius 2 is 1.83 bits per heavy atom. The molecule has 2 aromatic carbocycles. The Balaban J connectivity index is 1.41. The van der Waals surface area contributed by atoms with E-state index in [-0.39, 0.29) is 6.10 Å². The number of nitrogens with zero attached hydrogens (tertiary/aromatic N) is 3. The minimum atomic E-state index is -4.62. The van der Waals surface area contributed by atoms with Gasteiger partial charge in [-0.3, -0.25) is 9.80 Å². The molecular formula is C25H27ClF3N3O3. The molecule has 2 atom stereocenters. The minimum Gasteiger partial charge on any atom is -0.490 e. The highest BCUT2D eigenvalue weighted by Gasteiger charge is 2.48. The van der Waals surface area contributed by atoms with Crippen LogP contribution in [0.4, 0.5) is 24.5 Å². The number of carboxylic acid groups (broad SMARTS) is 1. The van der Waals surface area contributed by atoms with Crippen molar-refractivity contribution in [2.24, 2.45) is 11.0 Å². The van der Waals surface area contributed by atoms with Gasteiger partial charge in [0.1, 0.15) is 17.6 Å². The van der Waals surface area contributed by atoms with E-state index in [1.54, 1.807) is 24.3 Å². The van der Waals surface area contributed by atoms with Crippen LogP contribution in [-0.4, -0.2) is 48.2 Å². The number of piperidine rings is 1. The molecule has 2 heterocycles. The van der Waals surface area contributed by atoms with Gasteiger partial charge in [0.2, 0.25) is 0 Å². The molecule has 0 saturated carbocycles. The number of alkyl halides is 3. The predicted molar refractivity (Wildman–Crippen MR) is 130 cm³/mol. The molecule has 0 radical (unpaired) electrons. The molecule has 10 heteroatoms. The number of aliphatic carboxylic acids is 1. The molecule has 1 fully saturated rings. The number of ether oxygens (including phenoxy) is 1. The Morgan fingerprint density at radius 3 is 2.43 bits per heavy atom. The molecular weight excluding hydrogens is 483 g/mol. The van der Waals surface area contributed by atoms with Crippen LogP contribution in [0.25, 0.3) is 0 Å². The summed E-state index contributed by atoms with van der Waals surface area (Å²) in [5.41, 5.74) is 1.58. The summed E-state index contributed by atoms with van der Waals surface area (Å²) in [6.45, 7) is 4.97. The number of aryl methyl sites for hydroxylation is 1. The lowest BCUT2D eigenvalue weighted by molar-refractivity contribution is -0.137. The predicted octanol–water partition coefficient (Wildman–Crippen LogP) is 5.91. The van der Waals surface area contributed by atoms with Crippen LogP contribution in [0.15, 0.2) is 47.6 Å². The summed E-state index contributed by atoms with van der Waals surface area (Å²) < 4.78 is 46.2. The van der Waals surface area contributed by atoms with E-state index in [0.717, 1.165) is 47.2 Å². The zero-order valence-corrected chi connectivity index (χ0v) is 20.2. The third-order valence-electron chi connectivity index (χ3n) is 6.50. The number of rotatable bonds is 6. The summed E-state index contributed by atoms with van der Waals surface area (Å²) in [5.74, 6) is -1.64. The lowest BCUT2D eigenvalue weighted by Gasteiger charge is -2.34. The third-order valence-corrected chi connectivity index (χ3v) is 6.82. The van der Waals surface area contributed by atoms with E-state index >= 15 is 0 Å². The Bertz CT molecular complexity index is 1100. The Kier molecular flexibility index (Phi) is 7.17. The second kappa shape index (κ2) is 9.97. The van der Waals surface area contributed by atoms with Gasteiger partial charge in [-0.15, -0.1) is 0 Å². The van der Waals surface area contributed by atoms with Crippen LogP contribution in [0.2, 0.25) is 5.02 Å². The van der Waals surface area contributed by atoms with Crippen molar-refractivity contribution in [3.8, 4) is 5.75 Å². The third kappa shape index (κ3) is 5.66. The molecule has 2 aliphatic heterocycles. The van der Waals surface area contributed by atoms with Gasteiger partial charge in [0.05, 0.1) is 28.9 Å². The van der Waals surface area contributed by atoms with Crippen molar-refractivity contribution in [2.45, 2.75) is 51.4 Å². The molecule has 4 rings (SSSR count). The van der Waals surface area contributed by atoms with Crippen LogP contribution in [0.1, 0.15) is 31.7 Å². The van der Waals surface area contributed by atoms with E-state index in [2.05, 4.69) is 16.1 Å². The number of carboxylic acids is 1. The lowest BCUT2D eigenvalue weighted by Crippen LogP contribution is -2.38. The molecule has 188 valence electrons. The average Bonchev–Trinajstić information content (AvgIpc) is 3.12. The monoisotopic (exact) mass is 509 g/mol. The molecule has 0 aliphatic carbocycles. The van der Waals surface area contributed by atoms with Crippen LogP contribution >= 0.6 is 11.6 Å². The molecule has 2 unspecified atom stereocenters. The number of halogens is 4. The topological polar surface area (TPSA) is 65.4 Å². The zero-order valence-electron chi connectivity index (χ0n) is 19.4. The molecule has 0 spiro atoms. The first-order chi connectivity index (χ1) is 16.5. The quantitative estimate of drug-likeness (QED) is 0.524. The van der Waals surface area contributed by atoms with Gasteiger partial charge in [-0.25, -0.2) is 0 Å². The highest BCUT2D eigenvalue weighted by atomic mass is 35.5. The number of hydrazone groups is 1. The van der Waals surface area contributed by atoms with Crippen molar-refractivity contribution in [3.63, 3.8) is 0 Å². The maximum atomic E-state index is 13.4. The van der Waals surface area contributed by atoms with Gasteiger partial charge in [-0.1, -0.05) is 24.6 Å². The van der Waals surface area contributed by atoms with E-state index in [9.17, 15) is 23.1 Å². The number of benzene rings is 2. The van der Waals surface area contributed by atoms with Crippen LogP contribution < -0.4 is 14.6 Å². The van der Waals surface area contributed by atoms with Crippen molar-refractivity contribution >= 4 is 34.7 Å². The number of carbonyl (C=O) groups is 1. The molecule has 0 bridgehead atoms. The van der Waals surface area contributed by atoms with Crippen LogP contribution in [0, 0.1) is 12.8 Å². The Labute approximate surface area is 206 Å². The molecule has 6 nitrogen and oxygen atoms in total. The molecule has 2 aromatic rings. The summed E-state index contributed by atoms with van der Waals surface area (Å²) in [7, 11) is 0. The summed E-state index contributed by atoms with van der Waals surface area (Å²) in [6, 6.07) is 11.6. The number of hydrogen-bond acceptors (Lipinski definition) is 5. The van der Waals surface area contributed by atoms with Gasteiger partial charge < -0.3 is 14.7 Å². The van der Waals surface area contributed by atoms with Crippen LogP contribution in [0.3, 0.4) is 0 Å². The van der Waals surface area contributed by atoms with Crippen molar-refractivity contribution in [2.75, 3.05) is 23.0 Å². The molecule has 1 N–H and O–H groups in total. The van der Waals surface area contributed by atoms with Crippen LogP contribution in [-0.2, 0) is 4.79 Å². The Morgan fingerprint density at radius 1 is 1.17 bits per heavy atom. The van der Waals surface area contributed by atoms with Crippen LogP contribution in [0.5, 0.6) is 5.75 Å². The largest absolute Gasteiger partial charge is 0.490 e. The maximum Gasteiger partial charge on any atom is 0.431 e. The lowest BCUT2D eigenvalue weighted by atomic mass is 9.94. The first-order valence-electron chi connectivity index (χ1n) is 11.5. The SMILES string of the molecule is Cc1ccc(Cl)c(N2CCC(Oc3ccc(N4N=C(C(F)(F)F)C(C)C4CC(=O)O)cc3)CC2)c1. The highest BCUT2D eigenvalue weighted by Crippen LogP contribution is 2.37. The van der Waals surface area contributed by atoms with E-state index < -0.39 is 36.2 Å². The molecule has 35 heavy (non-hydrogen) atoms. The Hall–Kier alpha value is -2.94. The van der Waals surface area contributed by atoms with Gasteiger partial charge >= 0.3 is 12.1 Å². The fourth-order valence-corrected chi connectivity index (χ4v) is 4.87. The number of hydrogen-bond donors (Lipinski definition) is 1. The van der Waals surface area contributed by atoms with Crippen molar-refractivity contribution in [1.82, 2.24) is 0 Å². The standard InChI is InChI=1S/C25H27ClF3N3O3/c1-15-3-8-20(26)22(13-15)31-11-9-19(10-12-31)35-18-6-4-17(5-7-18)32-21(14-23(33)34)16(2)24(30-32)25(27,28)29/h3-8,13,16,19,21H,9-12,14H2,1-2H3,(H,33,34). The normalized spacial score (nSPS) is 21.3. The molecule has 0 amide bonds. The maximum absolute atomic E-state index is 13.4. The van der Waals surface area contributed by atoms with Gasteiger partial charge in [0, 0.05) is 31.8 Å². The van der Waals surface area contributed by atoms with E-state index in [1.807, 2.05) is 19.1 Å². The van der Waals surface area contributed by atoms with E-state index in [0.29, 0.717) is 11.4 Å². The summed E-state index contributed by atoms with van der Waals surface area (Å²) >= 11 is 6.36. The minimum absolute atomic E-state index is 0.00195. The van der Waals surface area contributed by atoms with Crippen molar-refractivity contribution in [1.29, 1.82) is 0 Å². The fourth-order valence-electron chi connectivity index (χ4n) is 4.63. The fraction of sp³-hybridized carbons (Fsp3) is 0.440. The first-order valence-corrected chi connectivity index (χ1v) is 11.8. The second-order valence-corrected chi connectivity index (χ2v) is 9.44. The van der Waals surface area contributed by atoms with Gasteiger partial charge in [0.15, 0.2) is 0 Å². The molecule has 1 saturated heterocycles. The van der Waals surface area contributed by atoms with Gasteiger partial charge in [-0.2, -0.15) is 18.3 Å². The highest BCUT2D eigenvalue weighted by molar-refractivity contribution is 6.33.